The van der Waals surface area contributed by atoms with E-state index in [0.29, 0.717) is 0 Å². The molecule has 0 radical (unpaired) electrons. The van der Waals surface area contributed by atoms with Gasteiger partial charge in [-0.25, -0.2) is 0 Å². The standard InChI is InChI=1S/C18H31BrN2/c1-14(2)7-9-20-12-16-5-6-18(19)17(11-16)13-21-10-8-15(3)4/h5-6,11,14-15,20-21H,7-10,12-13H2,1-4H3. The third kappa shape index (κ3) is 8.60. The van der Waals surface area contributed by atoms with Gasteiger partial charge in [-0.1, -0.05) is 55.8 Å². The lowest BCUT2D eigenvalue weighted by Crippen LogP contribution is -2.18. The van der Waals surface area contributed by atoms with Crippen molar-refractivity contribution >= 4 is 15.9 Å². The number of hydrogen-bond donors (Lipinski definition) is 2. The molecule has 0 aliphatic heterocycles. The molecular weight excluding hydrogens is 324 g/mol. The molecule has 0 saturated heterocycles. The van der Waals surface area contributed by atoms with Crippen LogP contribution in [0.25, 0.3) is 0 Å². The second-order valence-electron chi connectivity index (χ2n) is 6.64. The zero-order chi connectivity index (χ0) is 15.7. The normalized spacial score (nSPS) is 11.6. The molecule has 1 aromatic carbocycles. The largest absolute Gasteiger partial charge is 0.313 e. The monoisotopic (exact) mass is 354 g/mol. The van der Waals surface area contributed by atoms with Gasteiger partial charge in [0.25, 0.3) is 0 Å². The van der Waals surface area contributed by atoms with E-state index in [1.807, 2.05) is 0 Å². The minimum absolute atomic E-state index is 0.762. The molecule has 0 spiro atoms. The fraction of sp³-hybridized carbons (Fsp3) is 0.667. The summed E-state index contributed by atoms with van der Waals surface area (Å²) in [5.41, 5.74) is 2.71. The van der Waals surface area contributed by atoms with Crippen LogP contribution in [-0.4, -0.2) is 13.1 Å². The number of halogens is 1. The van der Waals surface area contributed by atoms with Crippen molar-refractivity contribution in [3.63, 3.8) is 0 Å². The van der Waals surface area contributed by atoms with Gasteiger partial charge in [-0.3, -0.25) is 0 Å². The van der Waals surface area contributed by atoms with Crippen LogP contribution in [0, 0.1) is 11.8 Å². The molecule has 0 aliphatic rings. The summed E-state index contributed by atoms with van der Waals surface area (Å²) in [4.78, 5) is 0. The van der Waals surface area contributed by atoms with Crippen molar-refractivity contribution in [2.45, 2.75) is 53.6 Å². The molecule has 2 nitrogen and oxygen atoms in total. The van der Waals surface area contributed by atoms with Gasteiger partial charge in [0.15, 0.2) is 0 Å². The SMILES string of the molecule is CC(C)CCNCc1ccc(Br)c(CNCCC(C)C)c1. The minimum atomic E-state index is 0.762. The predicted molar refractivity (Wildman–Crippen MR) is 96.5 cm³/mol. The molecule has 1 rings (SSSR count). The second-order valence-corrected chi connectivity index (χ2v) is 7.50. The number of hydrogen-bond acceptors (Lipinski definition) is 2. The van der Waals surface area contributed by atoms with E-state index in [1.54, 1.807) is 0 Å². The summed E-state index contributed by atoms with van der Waals surface area (Å²) in [6.45, 7) is 13.1. The number of rotatable bonds is 10. The molecule has 0 amide bonds. The first-order chi connectivity index (χ1) is 9.99. The maximum atomic E-state index is 3.65. The number of nitrogens with one attached hydrogen (secondary N) is 2. The van der Waals surface area contributed by atoms with Crippen LogP contribution >= 0.6 is 15.9 Å². The molecule has 0 unspecified atom stereocenters. The Morgan fingerprint density at radius 3 is 2.05 bits per heavy atom. The lowest BCUT2D eigenvalue weighted by atomic mass is 10.1. The van der Waals surface area contributed by atoms with Gasteiger partial charge >= 0.3 is 0 Å². The topological polar surface area (TPSA) is 24.1 Å². The Morgan fingerprint density at radius 2 is 1.48 bits per heavy atom. The maximum Gasteiger partial charge on any atom is 0.0220 e. The zero-order valence-corrected chi connectivity index (χ0v) is 15.6. The summed E-state index contributed by atoms with van der Waals surface area (Å²) < 4.78 is 1.20. The van der Waals surface area contributed by atoms with Crippen molar-refractivity contribution in [2.75, 3.05) is 13.1 Å². The Hall–Kier alpha value is -0.380. The molecule has 0 aliphatic carbocycles. The highest BCUT2D eigenvalue weighted by Crippen LogP contribution is 2.18. The van der Waals surface area contributed by atoms with Gasteiger partial charge in [-0.2, -0.15) is 0 Å². The first-order valence-corrected chi connectivity index (χ1v) is 8.97. The molecule has 3 heteroatoms. The van der Waals surface area contributed by atoms with E-state index in [2.05, 4.69) is 72.5 Å². The van der Waals surface area contributed by atoms with Crippen molar-refractivity contribution in [2.24, 2.45) is 11.8 Å². The quantitative estimate of drug-likeness (QED) is 0.594. The lowest BCUT2D eigenvalue weighted by Gasteiger charge is -2.11. The lowest BCUT2D eigenvalue weighted by molar-refractivity contribution is 0.534. The Kier molecular flexibility index (Phi) is 9.21. The summed E-state index contributed by atoms with van der Waals surface area (Å²) in [6, 6.07) is 6.66. The fourth-order valence-corrected chi connectivity index (χ4v) is 2.50. The Bertz CT molecular complexity index is 402. The van der Waals surface area contributed by atoms with Crippen molar-refractivity contribution in [1.82, 2.24) is 10.6 Å². The third-order valence-electron chi connectivity index (χ3n) is 3.55. The van der Waals surface area contributed by atoms with Crippen molar-refractivity contribution < 1.29 is 0 Å². The molecule has 0 aromatic heterocycles. The summed E-state index contributed by atoms with van der Waals surface area (Å²) in [7, 11) is 0. The van der Waals surface area contributed by atoms with Gasteiger partial charge in [0.2, 0.25) is 0 Å². The van der Waals surface area contributed by atoms with Crippen LogP contribution < -0.4 is 10.6 Å². The molecule has 0 fully saturated rings. The van der Waals surface area contributed by atoms with E-state index in [-0.39, 0.29) is 0 Å². The zero-order valence-electron chi connectivity index (χ0n) is 14.0. The first kappa shape index (κ1) is 18.7. The Labute approximate surface area is 139 Å². The first-order valence-electron chi connectivity index (χ1n) is 8.17. The summed E-state index contributed by atoms with van der Waals surface area (Å²) in [5.74, 6) is 1.53. The van der Waals surface area contributed by atoms with Gasteiger partial charge in [-0.15, -0.1) is 0 Å². The molecule has 1 aromatic rings. The van der Waals surface area contributed by atoms with E-state index in [1.165, 1.54) is 28.4 Å². The van der Waals surface area contributed by atoms with Crippen LogP contribution in [0.4, 0.5) is 0 Å². The average Bonchev–Trinajstić information content (AvgIpc) is 2.42. The Balaban J connectivity index is 2.39. The molecule has 0 saturated carbocycles. The molecule has 21 heavy (non-hydrogen) atoms. The molecular formula is C18H31BrN2. The van der Waals surface area contributed by atoms with E-state index >= 15 is 0 Å². The predicted octanol–water partition coefficient (Wildman–Crippen LogP) is 4.72. The van der Waals surface area contributed by atoms with Crippen LogP contribution in [-0.2, 0) is 13.1 Å². The number of benzene rings is 1. The summed E-state index contributed by atoms with van der Waals surface area (Å²) in [6.07, 6.45) is 2.47. The van der Waals surface area contributed by atoms with Crippen molar-refractivity contribution in [1.29, 1.82) is 0 Å². The van der Waals surface area contributed by atoms with Gasteiger partial charge in [0.05, 0.1) is 0 Å². The fourth-order valence-electron chi connectivity index (χ4n) is 2.11. The average molecular weight is 355 g/mol. The van der Waals surface area contributed by atoms with Gasteiger partial charge in [-0.05, 0) is 55.0 Å². The van der Waals surface area contributed by atoms with Crippen LogP contribution in [0.2, 0.25) is 0 Å². The maximum absolute atomic E-state index is 3.65. The highest BCUT2D eigenvalue weighted by atomic mass is 79.9. The van der Waals surface area contributed by atoms with Crippen LogP contribution in [0.15, 0.2) is 22.7 Å². The third-order valence-corrected chi connectivity index (χ3v) is 4.33. The molecule has 120 valence electrons. The van der Waals surface area contributed by atoms with Crippen LogP contribution in [0.5, 0.6) is 0 Å². The summed E-state index contributed by atoms with van der Waals surface area (Å²) in [5, 5.41) is 7.06. The second kappa shape index (κ2) is 10.4. The molecule has 0 bridgehead atoms. The Morgan fingerprint density at radius 1 is 0.905 bits per heavy atom. The van der Waals surface area contributed by atoms with E-state index in [9.17, 15) is 0 Å². The van der Waals surface area contributed by atoms with Gasteiger partial charge in [0.1, 0.15) is 0 Å². The molecule has 2 N–H and O–H groups in total. The highest BCUT2D eigenvalue weighted by molar-refractivity contribution is 9.10. The van der Waals surface area contributed by atoms with Gasteiger partial charge in [0, 0.05) is 17.6 Å². The molecule has 0 atom stereocenters. The van der Waals surface area contributed by atoms with Gasteiger partial charge < -0.3 is 10.6 Å². The van der Waals surface area contributed by atoms with Crippen LogP contribution in [0.3, 0.4) is 0 Å². The highest BCUT2D eigenvalue weighted by Gasteiger charge is 2.03. The summed E-state index contributed by atoms with van der Waals surface area (Å²) >= 11 is 3.65. The van der Waals surface area contributed by atoms with Crippen LogP contribution in [0.1, 0.15) is 51.7 Å². The van der Waals surface area contributed by atoms with E-state index in [0.717, 1.165) is 38.0 Å². The minimum Gasteiger partial charge on any atom is -0.313 e. The molecule has 0 heterocycles. The van der Waals surface area contributed by atoms with Crippen molar-refractivity contribution in [3.8, 4) is 0 Å². The van der Waals surface area contributed by atoms with E-state index < -0.39 is 0 Å². The van der Waals surface area contributed by atoms with E-state index in [4.69, 9.17) is 0 Å². The smallest absolute Gasteiger partial charge is 0.0220 e. The van der Waals surface area contributed by atoms with Crippen molar-refractivity contribution in [3.05, 3.63) is 33.8 Å².